The molecule has 0 aliphatic heterocycles. The van der Waals surface area contributed by atoms with Gasteiger partial charge in [-0.15, -0.1) is 11.3 Å². The second-order valence-electron chi connectivity index (χ2n) is 16.8. The van der Waals surface area contributed by atoms with Crippen molar-refractivity contribution in [3.8, 4) is 50.6 Å². The number of benzene rings is 10. The summed E-state index contributed by atoms with van der Waals surface area (Å²) in [4.78, 5) is 10.8. The van der Waals surface area contributed by atoms with Crippen molar-refractivity contribution in [1.29, 1.82) is 0 Å². The van der Waals surface area contributed by atoms with Crippen LogP contribution in [-0.2, 0) is 0 Å². The molecule has 0 saturated carbocycles. The lowest BCUT2D eigenvalue weighted by Crippen LogP contribution is -1.95. The summed E-state index contributed by atoms with van der Waals surface area (Å²) < 4.78 is 11.8. The Balaban J connectivity index is 1.06. The van der Waals surface area contributed by atoms with E-state index in [0.29, 0.717) is 5.82 Å². The predicted octanol–water partition coefficient (Wildman–Crippen LogP) is 16.8. The molecule has 0 amide bonds. The number of nitrogens with zero attached hydrogens (tertiary/aromatic N) is 3. The maximum Gasteiger partial charge on any atom is 0.164 e. The van der Waals surface area contributed by atoms with Crippen molar-refractivity contribution >= 4 is 96.9 Å². The highest BCUT2D eigenvalue weighted by molar-refractivity contribution is 7.26. The molecule has 65 heavy (non-hydrogen) atoms. The summed E-state index contributed by atoms with van der Waals surface area (Å²) in [5.74, 6) is 0.645. The summed E-state index contributed by atoms with van der Waals surface area (Å²) in [7, 11) is 0. The van der Waals surface area contributed by atoms with E-state index in [1.807, 2.05) is 0 Å². The van der Waals surface area contributed by atoms with Gasteiger partial charge in [-0.25, -0.2) is 9.97 Å². The van der Waals surface area contributed by atoms with E-state index in [2.05, 4.69) is 217 Å². The van der Waals surface area contributed by atoms with Crippen LogP contribution in [0, 0.1) is 0 Å². The number of hydrogen-bond donors (Lipinski definition) is 0. The number of rotatable bonds is 5. The van der Waals surface area contributed by atoms with Crippen LogP contribution in [0.4, 0.5) is 0 Å². The maximum absolute atomic E-state index is 7.03. The molecule has 0 spiro atoms. The van der Waals surface area contributed by atoms with Gasteiger partial charge in [-0.3, -0.25) is 0 Å². The smallest absolute Gasteiger partial charge is 0.164 e. The van der Waals surface area contributed by atoms with Crippen molar-refractivity contribution in [2.24, 2.45) is 0 Å². The molecule has 0 fully saturated rings. The Labute approximate surface area is 376 Å². The maximum atomic E-state index is 7.03. The first-order valence-corrected chi connectivity index (χ1v) is 22.8. The molecular formula is C60H35N3OS. The van der Waals surface area contributed by atoms with E-state index >= 15 is 0 Å². The second-order valence-corrected chi connectivity index (χ2v) is 17.9. The van der Waals surface area contributed by atoms with Gasteiger partial charge >= 0.3 is 0 Å². The fourth-order valence-corrected chi connectivity index (χ4v) is 11.4. The van der Waals surface area contributed by atoms with Crippen molar-refractivity contribution < 1.29 is 4.42 Å². The summed E-state index contributed by atoms with van der Waals surface area (Å²) in [6, 6.07) is 76.1. The third-order valence-electron chi connectivity index (χ3n) is 13.2. The molecule has 0 saturated heterocycles. The van der Waals surface area contributed by atoms with Crippen molar-refractivity contribution in [2.75, 3.05) is 0 Å². The highest BCUT2D eigenvalue weighted by Crippen LogP contribution is 2.46. The molecule has 0 atom stereocenters. The SMILES string of the molecule is c1ccc(-c2ccc3c(c2)c2c4ccccc4c(-c4ccccc4)cc2n3-c2ccc3oc4c(-c5nc(-c6ccccc6)c6sc7ccccc7c6n5)cc5ccccc5c4c3c2)cc1. The standard InChI is InChI=1S/C60H35N3OS/c1-4-16-36(17-5-1)39-28-30-50-47(32-39)54-44-25-13-12-24-43(44)46(37-18-6-2-7-19-37)35-51(54)63(50)41-29-31-52-48(34-41)55-42-23-11-10-22-40(42)33-49(58(55)64-52)60-61-56(38-20-8-3-9-21-38)59-57(62-60)45-26-14-15-27-53(45)65-59/h1-35H. The van der Waals surface area contributed by atoms with E-state index < -0.39 is 0 Å². The van der Waals surface area contributed by atoms with Gasteiger partial charge in [0.2, 0.25) is 0 Å². The summed E-state index contributed by atoms with van der Waals surface area (Å²) in [6.45, 7) is 0. The minimum atomic E-state index is 0.645. The average Bonchev–Trinajstić information content (AvgIpc) is 4.06. The molecule has 0 radical (unpaired) electrons. The minimum absolute atomic E-state index is 0.645. The summed E-state index contributed by atoms with van der Waals surface area (Å²) >= 11 is 1.75. The Hall–Kier alpha value is -8.38. The lowest BCUT2D eigenvalue weighted by atomic mass is 9.94. The molecule has 14 aromatic rings. The van der Waals surface area contributed by atoms with E-state index in [-0.39, 0.29) is 0 Å². The molecule has 0 bridgehead atoms. The molecule has 4 aromatic heterocycles. The van der Waals surface area contributed by atoms with Crippen LogP contribution in [0.3, 0.4) is 0 Å². The molecule has 0 aliphatic rings. The van der Waals surface area contributed by atoms with Gasteiger partial charge in [0, 0.05) is 42.9 Å². The average molecular weight is 846 g/mol. The highest BCUT2D eigenvalue weighted by atomic mass is 32.1. The summed E-state index contributed by atoms with van der Waals surface area (Å²) in [5, 5.41) is 10.4. The molecule has 4 heterocycles. The number of aromatic nitrogens is 3. The Morgan fingerprint density at radius 2 is 1.09 bits per heavy atom. The van der Waals surface area contributed by atoms with E-state index in [9.17, 15) is 0 Å². The van der Waals surface area contributed by atoms with Crippen LogP contribution in [0.15, 0.2) is 217 Å². The number of hydrogen-bond acceptors (Lipinski definition) is 4. The topological polar surface area (TPSA) is 43.9 Å². The van der Waals surface area contributed by atoms with Gasteiger partial charge in [0.15, 0.2) is 5.82 Å². The van der Waals surface area contributed by atoms with Crippen LogP contribution in [0.25, 0.3) is 136 Å². The molecule has 14 rings (SSSR count). The van der Waals surface area contributed by atoms with E-state index in [1.54, 1.807) is 11.3 Å². The third kappa shape index (κ3) is 5.49. The molecule has 10 aromatic carbocycles. The molecular weight excluding hydrogens is 811 g/mol. The zero-order valence-corrected chi connectivity index (χ0v) is 35.7. The Morgan fingerprint density at radius 3 is 1.89 bits per heavy atom. The van der Waals surface area contributed by atoms with Crippen LogP contribution in [0.2, 0.25) is 0 Å². The largest absolute Gasteiger partial charge is 0.455 e. The van der Waals surface area contributed by atoms with Gasteiger partial charge < -0.3 is 8.98 Å². The highest BCUT2D eigenvalue weighted by Gasteiger charge is 2.24. The second kappa shape index (κ2) is 14.1. The molecule has 302 valence electrons. The monoisotopic (exact) mass is 845 g/mol. The first kappa shape index (κ1) is 36.1. The molecule has 5 heteroatoms. The van der Waals surface area contributed by atoms with Gasteiger partial charge in [0.25, 0.3) is 0 Å². The zero-order valence-electron chi connectivity index (χ0n) is 34.9. The Bertz CT molecular complexity index is 4220. The molecule has 0 unspecified atom stereocenters. The fraction of sp³-hybridized carbons (Fsp3) is 0. The van der Waals surface area contributed by atoms with Gasteiger partial charge in [-0.1, -0.05) is 164 Å². The molecule has 0 aliphatic carbocycles. The van der Waals surface area contributed by atoms with Gasteiger partial charge in [-0.05, 0) is 92.3 Å². The van der Waals surface area contributed by atoms with Crippen molar-refractivity contribution in [1.82, 2.24) is 14.5 Å². The van der Waals surface area contributed by atoms with Crippen molar-refractivity contribution in [3.05, 3.63) is 212 Å². The van der Waals surface area contributed by atoms with E-state index in [4.69, 9.17) is 14.4 Å². The third-order valence-corrected chi connectivity index (χ3v) is 14.3. The van der Waals surface area contributed by atoms with Crippen molar-refractivity contribution in [3.63, 3.8) is 0 Å². The number of fused-ring (bicyclic) bond motifs is 13. The lowest BCUT2D eigenvalue weighted by Gasteiger charge is -2.12. The zero-order chi connectivity index (χ0) is 42.6. The number of thiophene rings is 1. The van der Waals surface area contributed by atoms with Gasteiger partial charge in [0.05, 0.1) is 32.5 Å². The quantitative estimate of drug-likeness (QED) is 0.173. The normalized spacial score (nSPS) is 12.0. The van der Waals surface area contributed by atoms with Crippen LogP contribution in [-0.4, -0.2) is 14.5 Å². The van der Waals surface area contributed by atoms with E-state index in [0.717, 1.165) is 81.9 Å². The summed E-state index contributed by atoms with van der Waals surface area (Å²) in [6.07, 6.45) is 0. The summed E-state index contributed by atoms with van der Waals surface area (Å²) in [5.41, 5.74) is 13.5. The minimum Gasteiger partial charge on any atom is -0.455 e. The van der Waals surface area contributed by atoms with E-state index in [1.165, 1.54) is 48.5 Å². The lowest BCUT2D eigenvalue weighted by molar-refractivity contribution is 0.670. The van der Waals surface area contributed by atoms with Gasteiger partial charge in [-0.2, -0.15) is 0 Å². The molecule has 4 nitrogen and oxygen atoms in total. The van der Waals surface area contributed by atoms with Crippen LogP contribution >= 0.6 is 11.3 Å². The fourth-order valence-electron chi connectivity index (χ4n) is 10.2. The molecule has 0 N–H and O–H groups in total. The predicted molar refractivity (Wildman–Crippen MR) is 273 cm³/mol. The first-order valence-electron chi connectivity index (χ1n) is 22.0. The number of furan rings is 1. The Kier molecular flexibility index (Phi) is 7.82. The van der Waals surface area contributed by atoms with Crippen LogP contribution < -0.4 is 0 Å². The van der Waals surface area contributed by atoms with Gasteiger partial charge in [0.1, 0.15) is 11.2 Å². The Morgan fingerprint density at radius 1 is 0.415 bits per heavy atom. The van der Waals surface area contributed by atoms with Crippen LogP contribution in [0.1, 0.15) is 0 Å². The van der Waals surface area contributed by atoms with Crippen LogP contribution in [0.5, 0.6) is 0 Å². The first-order chi connectivity index (χ1) is 32.2. The van der Waals surface area contributed by atoms with Crippen molar-refractivity contribution in [2.45, 2.75) is 0 Å².